The molecule has 0 unspecified atom stereocenters. The Kier molecular flexibility index (Phi) is 7.43. The van der Waals surface area contributed by atoms with Gasteiger partial charge in [-0.05, 0) is 78.6 Å². The second-order valence-corrected chi connectivity index (χ2v) is 11.5. The number of amides is 4. The second kappa shape index (κ2) is 10.2. The maximum absolute atomic E-state index is 13.5. The average Bonchev–Trinajstić information content (AvgIpc) is 3.66. The fourth-order valence-corrected chi connectivity index (χ4v) is 5.04. The van der Waals surface area contributed by atoms with Crippen LogP contribution in [0.2, 0.25) is 0 Å². The van der Waals surface area contributed by atoms with Gasteiger partial charge < -0.3 is 25.6 Å². The molecule has 9 nitrogen and oxygen atoms in total. The number of nitrogens with zero attached hydrogens (tertiary/aromatic N) is 1. The summed E-state index contributed by atoms with van der Waals surface area (Å²) in [6.45, 7) is 5.98. The summed E-state index contributed by atoms with van der Waals surface area (Å²) in [5.74, 6) is -0.782. The zero-order chi connectivity index (χ0) is 25.2. The number of hydrogen-bond donors (Lipinski definition) is 3. The Morgan fingerprint density at radius 1 is 1.09 bits per heavy atom. The summed E-state index contributed by atoms with van der Waals surface area (Å²) in [6, 6.07) is -0.461. The first-order valence-corrected chi connectivity index (χ1v) is 13.2. The van der Waals surface area contributed by atoms with Gasteiger partial charge in [-0.2, -0.15) is 0 Å². The minimum atomic E-state index is -0.938. The molecule has 3 N–H and O–H groups in total. The monoisotopic (exact) mass is 488 g/mol. The second-order valence-electron chi connectivity index (χ2n) is 11.5. The highest BCUT2D eigenvalue weighted by atomic mass is 16.6. The van der Waals surface area contributed by atoms with Crippen LogP contribution in [0.4, 0.5) is 4.79 Å². The fourth-order valence-electron chi connectivity index (χ4n) is 5.04. The lowest BCUT2D eigenvalue weighted by Crippen LogP contribution is -2.57. The smallest absolute Gasteiger partial charge is 0.408 e. The van der Waals surface area contributed by atoms with E-state index in [0.717, 1.165) is 38.5 Å². The molecule has 4 amide bonds. The molecule has 0 aromatic rings. The Labute approximate surface area is 207 Å². The molecular formula is C26H40N4O5. The first-order valence-electron chi connectivity index (χ1n) is 13.2. The van der Waals surface area contributed by atoms with Crippen LogP contribution in [0.3, 0.4) is 0 Å². The number of rotatable bonds is 3. The summed E-state index contributed by atoms with van der Waals surface area (Å²) < 4.78 is 5.59. The highest BCUT2D eigenvalue weighted by Crippen LogP contribution is 2.46. The largest absolute Gasteiger partial charge is 0.436 e. The van der Waals surface area contributed by atoms with E-state index in [1.54, 1.807) is 4.90 Å². The van der Waals surface area contributed by atoms with Gasteiger partial charge in [-0.3, -0.25) is 14.4 Å². The van der Waals surface area contributed by atoms with E-state index in [2.05, 4.69) is 28.1 Å². The molecule has 4 aliphatic rings. The van der Waals surface area contributed by atoms with Crippen molar-refractivity contribution in [2.45, 2.75) is 114 Å². The van der Waals surface area contributed by atoms with Crippen LogP contribution in [-0.2, 0) is 19.1 Å². The minimum absolute atomic E-state index is 0.0296. The third-order valence-electron chi connectivity index (χ3n) is 7.22. The van der Waals surface area contributed by atoms with Gasteiger partial charge in [0.15, 0.2) is 6.10 Å². The van der Waals surface area contributed by atoms with Crippen LogP contribution in [0.25, 0.3) is 0 Å². The van der Waals surface area contributed by atoms with Gasteiger partial charge in [0.25, 0.3) is 5.91 Å². The average molecular weight is 489 g/mol. The minimum Gasteiger partial charge on any atom is -0.436 e. The lowest BCUT2D eigenvalue weighted by Gasteiger charge is -2.30. The first kappa shape index (κ1) is 25.5. The third kappa shape index (κ3) is 6.35. The lowest BCUT2D eigenvalue weighted by atomic mass is 10.1. The zero-order valence-electron chi connectivity index (χ0n) is 21.2. The number of allylic oxidation sites excluding steroid dienone is 1. The van der Waals surface area contributed by atoms with Gasteiger partial charge in [0, 0.05) is 24.0 Å². The topological polar surface area (TPSA) is 117 Å². The van der Waals surface area contributed by atoms with E-state index in [9.17, 15) is 19.2 Å². The van der Waals surface area contributed by atoms with E-state index in [0.29, 0.717) is 32.2 Å². The summed E-state index contributed by atoms with van der Waals surface area (Å²) in [7, 11) is 0. The molecular weight excluding hydrogens is 448 g/mol. The number of fused-ring (bicyclic) bond motifs is 2. The van der Waals surface area contributed by atoms with Gasteiger partial charge in [0.2, 0.25) is 11.8 Å². The van der Waals surface area contributed by atoms with Crippen molar-refractivity contribution in [1.82, 2.24) is 20.9 Å². The standard InChI is InChI=1S/C26H40N4O5/c1-25(2,3)29-24(34)35-20-12-8-6-4-5-7-10-17-16-26(17,23(33)27-18-13-14-18)28-21(31)19-11-9-15-30(19)22(20)32/h7,10,17-20H,4-6,8-9,11-16H2,1-3H3,(H,27,33)(H,28,31)(H,29,34)/t17-,19+,20+,26-/m1/s1. The highest BCUT2D eigenvalue weighted by molar-refractivity contribution is 5.98. The van der Waals surface area contributed by atoms with E-state index in [-0.39, 0.29) is 29.7 Å². The molecule has 3 fully saturated rings. The van der Waals surface area contributed by atoms with Crippen molar-refractivity contribution in [3.63, 3.8) is 0 Å². The molecule has 194 valence electrons. The summed E-state index contributed by atoms with van der Waals surface area (Å²) >= 11 is 0. The van der Waals surface area contributed by atoms with E-state index in [1.807, 2.05) is 20.8 Å². The van der Waals surface area contributed by atoms with E-state index in [4.69, 9.17) is 4.74 Å². The van der Waals surface area contributed by atoms with Crippen molar-refractivity contribution in [2.24, 2.45) is 5.92 Å². The first-order chi connectivity index (χ1) is 16.6. The predicted molar refractivity (Wildman–Crippen MR) is 130 cm³/mol. The number of carbonyl (C=O) groups excluding carboxylic acids is 4. The zero-order valence-corrected chi connectivity index (χ0v) is 21.2. The van der Waals surface area contributed by atoms with Crippen molar-refractivity contribution in [1.29, 1.82) is 0 Å². The van der Waals surface area contributed by atoms with Crippen LogP contribution >= 0.6 is 0 Å². The Morgan fingerprint density at radius 3 is 2.57 bits per heavy atom. The van der Waals surface area contributed by atoms with Gasteiger partial charge in [-0.1, -0.05) is 18.6 Å². The molecule has 2 aliphatic carbocycles. The molecule has 0 spiro atoms. The van der Waals surface area contributed by atoms with Gasteiger partial charge in [0.05, 0.1) is 0 Å². The Bertz CT molecular complexity index is 877. The maximum atomic E-state index is 13.5. The number of nitrogens with one attached hydrogen (secondary N) is 3. The fraction of sp³-hybridized carbons (Fsp3) is 0.769. The number of carbonyl (C=O) groups is 4. The molecule has 2 heterocycles. The van der Waals surface area contributed by atoms with Crippen molar-refractivity contribution in [3.05, 3.63) is 12.2 Å². The van der Waals surface area contributed by atoms with Crippen LogP contribution in [0.15, 0.2) is 12.2 Å². The van der Waals surface area contributed by atoms with Crippen LogP contribution < -0.4 is 16.0 Å². The number of hydrogen-bond acceptors (Lipinski definition) is 5. The molecule has 2 saturated carbocycles. The summed E-state index contributed by atoms with van der Waals surface area (Å²) in [5, 5.41) is 8.84. The Morgan fingerprint density at radius 2 is 1.86 bits per heavy atom. The van der Waals surface area contributed by atoms with Gasteiger partial charge in [-0.25, -0.2) is 4.79 Å². The summed E-state index contributed by atoms with van der Waals surface area (Å²) in [6.07, 6.45) is 10.2. The predicted octanol–water partition coefficient (Wildman–Crippen LogP) is 2.54. The lowest BCUT2D eigenvalue weighted by molar-refractivity contribution is -0.146. The molecule has 4 rings (SSSR count). The van der Waals surface area contributed by atoms with Crippen LogP contribution in [0.1, 0.15) is 85.0 Å². The number of alkyl carbamates (subject to hydrolysis) is 1. The molecule has 9 heteroatoms. The maximum Gasteiger partial charge on any atom is 0.408 e. The van der Waals surface area contributed by atoms with Crippen molar-refractivity contribution in [2.75, 3.05) is 6.54 Å². The van der Waals surface area contributed by atoms with Crippen LogP contribution in [0.5, 0.6) is 0 Å². The molecule has 35 heavy (non-hydrogen) atoms. The number of ether oxygens (including phenoxy) is 1. The van der Waals surface area contributed by atoms with E-state index >= 15 is 0 Å². The Balaban J connectivity index is 1.52. The van der Waals surface area contributed by atoms with Gasteiger partial charge in [0.1, 0.15) is 11.6 Å². The Hall–Kier alpha value is -2.58. The highest BCUT2D eigenvalue weighted by Gasteiger charge is 2.61. The van der Waals surface area contributed by atoms with E-state index < -0.39 is 29.3 Å². The SMILES string of the molecule is CC(C)(C)NC(=O)O[C@H]1CCCCCC=C[C@@H]2C[C@@]2(C(=O)NC2CC2)NC(=O)[C@@H]2CCCN2C1=O. The molecule has 0 aromatic heterocycles. The third-order valence-corrected chi connectivity index (χ3v) is 7.22. The molecule has 2 aliphatic heterocycles. The van der Waals surface area contributed by atoms with Crippen LogP contribution in [-0.4, -0.2) is 64.5 Å². The van der Waals surface area contributed by atoms with E-state index in [1.165, 1.54) is 0 Å². The van der Waals surface area contributed by atoms with Crippen LogP contribution in [0, 0.1) is 5.92 Å². The normalized spacial score (nSPS) is 31.9. The molecule has 0 aromatic carbocycles. The summed E-state index contributed by atoms with van der Waals surface area (Å²) in [5.41, 5.74) is -1.42. The quantitative estimate of drug-likeness (QED) is 0.528. The van der Waals surface area contributed by atoms with Crippen molar-refractivity contribution < 1.29 is 23.9 Å². The molecule has 4 atom stereocenters. The van der Waals surface area contributed by atoms with Gasteiger partial charge in [-0.15, -0.1) is 0 Å². The molecule has 1 saturated heterocycles. The molecule has 0 radical (unpaired) electrons. The van der Waals surface area contributed by atoms with Crippen molar-refractivity contribution in [3.8, 4) is 0 Å². The molecule has 0 bridgehead atoms. The van der Waals surface area contributed by atoms with Gasteiger partial charge >= 0.3 is 6.09 Å². The summed E-state index contributed by atoms with van der Waals surface area (Å²) in [4.78, 5) is 54.0. The van der Waals surface area contributed by atoms with Crippen molar-refractivity contribution >= 4 is 23.8 Å².